The first-order valence-electron chi connectivity index (χ1n) is 11.2. The van der Waals surface area contributed by atoms with E-state index in [0.29, 0.717) is 23.3 Å². The van der Waals surface area contributed by atoms with Crippen molar-refractivity contribution in [2.75, 3.05) is 25.0 Å². The van der Waals surface area contributed by atoms with E-state index in [1.54, 1.807) is 16.8 Å². The lowest BCUT2D eigenvalue weighted by atomic mass is 10.3. The molecule has 3 heterocycles. The van der Waals surface area contributed by atoms with Crippen LogP contribution in [-0.4, -0.2) is 49.8 Å². The molecule has 8 nitrogen and oxygen atoms in total. The summed E-state index contributed by atoms with van der Waals surface area (Å²) in [6.45, 7) is 12.0. The molecule has 0 spiro atoms. The number of anilines is 1. The van der Waals surface area contributed by atoms with Gasteiger partial charge in [0, 0.05) is 13.1 Å². The quantitative estimate of drug-likeness (QED) is 0.383. The van der Waals surface area contributed by atoms with E-state index in [0.717, 1.165) is 48.6 Å². The fourth-order valence-corrected chi connectivity index (χ4v) is 4.04. The number of fused-ring (bicyclic) bond motifs is 1. The second-order valence-electron chi connectivity index (χ2n) is 7.97. The van der Waals surface area contributed by atoms with Gasteiger partial charge in [0.2, 0.25) is 5.95 Å². The van der Waals surface area contributed by atoms with Crippen molar-refractivity contribution in [3.05, 3.63) is 64.3 Å². The number of furan rings is 1. The van der Waals surface area contributed by atoms with Crippen molar-refractivity contribution in [2.24, 2.45) is 0 Å². The van der Waals surface area contributed by atoms with Crippen molar-refractivity contribution in [3.63, 3.8) is 0 Å². The molecular formula is C24H29ClN6O2. The summed E-state index contributed by atoms with van der Waals surface area (Å²) in [6, 6.07) is 11.3. The van der Waals surface area contributed by atoms with Gasteiger partial charge in [-0.3, -0.25) is 14.8 Å². The summed E-state index contributed by atoms with van der Waals surface area (Å²) in [6.07, 6.45) is 0. The van der Waals surface area contributed by atoms with Crippen LogP contribution in [0.15, 0.2) is 40.8 Å². The standard InChI is InChI=1S/C24H29ClN6O2/c1-5-29(6-2)13-14-30-20-10-8-7-9-19(20)26-24(30)27-23(32)21-12-11-18(33-21)15-31-17(4)22(25)16(3)28-31/h7-12H,5-6,13-15H2,1-4H3,(H,26,27,32). The van der Waals surface area contributed by atoms with Gasteiger partial charge < -0.3 is 13.9 Å². The number of aryl methyl sites for hydroxylation is 1. The van der Waals surface area contributed by atoms with Crippen molar-refractivity contribution >= 4 is 34.5 Å². The number of hydrogen-bond acceptors (Lipinski definition) is 5. The second-order valence-corrected chi connectivity index (χ2v) is 8.34. The largest absolute Gasteiger partial charge is 0.454 e. The number of rotatable bonds is 9. The topological polar surface area (TPSA) is 81.1 Å². The Bertz CT molecular complexity index is 1270. The monoisotopic (exact) mass is 468 g/mol. The van der Waals surface area contributed by atoms with Crippen LogP contribution < -0.4 is 5.32 Å². The van der Waals surface area contributed by atoms with Crippen LogP contribution >= 0.6 is 11.6 Å². The zero-order chi connectivity index (χ0) is 23.5. The lowest BCUT2D eigenvalue weighted by Crippen LogP contribution is -2.27. The number of para-hydroxylation sites is 2. The predicted octanol–water partition coefficient (Wildman–Crippen LogP) is 4.74. The van der Waals surface area contributed by atoms with E-state index in [1.807, 2.05) is 42.7 Å². The zero-order valence-corrected chi connectivity index (χ0v) is 20.2. The predicted molar refractivity (Wildman–Crippen MR) is 130 cm³/mol. The maximum absolute atomic E-state index is 13.0. The van der Waals surface area contributed by atoms with Gasteiger partial charge in [0.1, 0.15) is 5.76 Å². The Hall–Kier alpha value is -3.10. The molecule has 174 valence electrons. The first-order valence-corrected chi connectivity index (χ1v) is 11.6. The third-order valence-corrected chi connectivity index (χ3v) is 6.45. The Balaban J connectivity index is 1.53. The average molecular weight is 469 g/mol. The summed E-state index contributed by atoms with van der Waals surface area (Å²) in [5.74, 6) is 1.01. The molecule has 4 aromatic rings. The van der Waals surface area contributed by atoms with E-state index >= 15 is 0 Å². The highest BCUT2D eigenvalue weighted by Crippen LogP contribution is 2.22. The van der Waals surface area contributed by atoms with Gasteiger partial charge in [0.05, 0.1) is 34.0 Å². The number of benzene rings is 1. The Kier molecular flexibility index (Phi) is 6.85. The molecule has 0 atom stereocenters. The SMILES string of the molecule is CCN(CC)CCn1c(NC(=O)c2ccc(Cn3nc(C)c(Cl)c3C)o2)nc2ccccc21. The fourth-order valence-electron chi connectivity index (χ4n) is 3.90. The van der Waals surface area contributed by atoms with E-state index < -0.39 is 0 Å². The highest BCUT2D eigenvalue weighted by molar-refractivity contribution is 6.31. The number of aromatic nitrogens is 4. The summed E-state index contributed by atoms with van der Waals surface area (Å²) in [5.41, 5.74) is 3.45. The summed E-state index contributed by atoms with van der Waals surface area (Å²) in [4.78, 5) is 20.0. The van der Waals surface area contributed by atoms with Gasteiger partial charge >= 0.3 is 0 Å². The van der Waals surface area contributed by atoms with Crippen molar-refractivity contribution < 1.29 is 9.21 Å². The zero-order valence-electron chi connectivity index (χ0n) is 19.4. The van der Waals surface area contributed by atoms with Crippen molar-refractivity contribution in [2.45, 2.75) is 40.8 Å². The number of carbonyl (C=O) groups is 1. The lowest BCUT2D eigenvalue weighted by molar-refractivity contribution is 0.0993. The van der Waals surface area contributed by atoms with Crippen LogP contribution in [0, 0.1) is 13.8 Å². The van der Waals surface area contributed by atoms with Gasteiger partial charge in [-0.05, 0) is 51.2 Å². The van der Waals surface area contributed by atoms with Crippen molar-refractivity contribution in [1.29, 1.82) is 0 Å². The highest BCUT2D eigenvalue weighted by atomic mass is 35.5. The molecule has 0 bridgehead atoms. The van der Waals surface area contributed by atoms with Crippen molar-refractivity contribution in [3.8, 4) is 0 Å². The smallest absolute Gasteiger partial charge is 0.293 e. The molecule has 0 fully saturated rings. The molecule has 33 heavy (non-hydrogen) atoms. The van der Waals surface area contributed by atoms with Gasteiger partial charge in [0.15, 0.2) is 5.76 Å². The lowest BCUT2D eigenvalue weighted by Gasteiger charge is -2.19. The van der Waals surface area contributed by atoms with E-state index in [9.17, 15) is 4.79 Å². The van der Waals surface area contributed by atoms with Gasteiger partial charge in [-0.25, -0.2) is 4.98 Å². The van der Waals surface area contributed by atoms with Crippen LogP contribution in [0.2, 0.25) is 5.02 Å². The number of likely N-dealkylation sites (N-methyl/N-ethyl adjacent to an activating group) is 1. The average Bonchev–Trinajstić information content (AvgIpc) is 3.48. The van der Waals surface area contributed by atoms with Crippen LogP contribution in [0.25, 0.3) is 11.0 Å². The Morgan fingerprint density at radius 3 is 2.61 bits per heavy atom. The number of nitrogens with zero attached hydrogens (tertiary/aromatic N) is 5. The maximum atomic E-state index is 13.0. The first-order chi connectivity index (χ1) is 15.9. The summed E-state index contributed by atoms with van der Waals surface area (Å²) < 4.78 is 9.63. The number of imidazole rings is 1. The van der Waals surface area contributed by atoms with Crippen LogP contribution in [0.4, 0.5) is 5.95 Å². The van der Waals surface area contributed by atoms with Gasteiger partial charge in [-0.2, -0.15) is 5.10 Å². The number of carbonyl (C=O) groups excluding carboxylic acids is 1. The molecule has 0 radical (unpaired) electrons. The number of amides is 1. The molecule has 0 saturated heterocycles. The molecule has 4 rings (SSSR count). The van der Waals surface area contributed by atoms with E-state index in [-0.39, 0.29) is 11.7 Å². The molecule has 1 aromatic carbocycles. The van der Waals surface area contributed by atoms with Gasteiger partial charge in [-0.1, -0.05) is 37.6 Å². The van der Waals surface area contributed by atoms with E-state index in [2.05, 4.69) is 34.1 Å². The molecular weight excluding hydrogens is 440 g/mol. The number of nitrogens with one attached hydrogen (secondary N) is 1. The Morgan fingerprint density at radius 2 is 1.91 bits per heavy atom. The summed E-state index contributed by atoms with van der Waals surface area (Å²) in [5, 5.41) is 8.00. The normalized spacial score (nSPS) is 11.6. The maximum Gasteiger partial charge on any atom is 0.293 e. The van der Waals surface area contributed by atoms with Gasteiger partial charge in [-0.15, -0.1) is 0 Å². The van der Waals surface area contributed by atoms with Crippen LogP contribution in [-0.2, 0) is 13.1 Å². The molecule has 0 unspecified atom stereocenters. The number of hydrogen-bond donors (Lipinski definition) is 1. The van der Waals surface area contributed by atoms with E-state index in [4.69, 9.17) is 16.0 Å². The minimum atomic E-state index is -0.341. The van der Waals surface area contributed by atoms with Gasteiger partial charge in [0.25, 0.3) is 5.91 Å². The first kappa shape index (κ1) is 23.1. The number of halogens is 1. The highest BCUT2D eigenvalue weighted by Gasteiger charge is 2.18. The molecule has 0 aliphatic carbocycles. The molecule has 0 aliphatic heterocycles. The summed E-state index contributed by atoms with van der Waals surface area (Å²) >= 11 is 6.23. The molecule has 3 aromatic heterocycles. The molecule has 0 aliphatic rings. The molecule has 0 saturated carbocycles. The third-order valence-electron chi connectivity index (χ3n) is 5.90. The summed E-state index contributed by atoms with van der Waals surface area (Å²) in [7, 11) is 0. The molecule has 1 N–H and O–H groups in total. The van der Waals surface area contributed by atoms with Crippen LogP contribution in [0.5, 0.6) is 0 Å². The Labute approximate surface area is 198 Å². The second kappa shape index (κ2) is 9.80. The van der Waals surface area contributed by atoms with Crippen molar-refractivity contribution in [1.82, 2.24) is 24.2 Å². The van der Waals surface area contributed by atoms with Crippen LogP contribution in [0.1, 0.15) is 41.6 Å². The Morgan fingerprint density at radius 1 is 1.15 bits per heavy atom. The molecule has 9 heteroatoms. The molecule has 1 amide bonds. The van der Waals surface area contributed by atoms with Crippen LogP contribution in [0.3, 0.4) is 0 Å². The minimum absolute atomic E-state index is 0.222. The minimum Gasteiger partial charge on any atom is -0.454 e. The third kappa shape index (κ3) is 4.82. The van der Waals surface area contributed by atoms with E-state index in [1.165, 1.54) is 0 Å². The fraction of sp³-hybridized carbons (Fsp3) is 0.375.